The summed E-state index contributed by atoms with van der Waals surface area (Å²) in [4.78, 5) is 15.0. The first kappa shape index (κ1) is 18.2. The second kappa shape index (κ2) is 8.17. The van der Waals surface area contributed by atoms with Crippen molar-refractivity contribution >= 4 is 28.7 Å². The molecule has 0 saturated heterocycles. The number of halogens is 1. The van der Waals surface area contributed by atoms with Crippen LogP contribution in [0.3, 0.4) is 0 Å². The molecule has 0 aliphatic rings. The van der Waals surface area contributed by atoms with Crippen molar-refractivity contribution in [3.63, 3.8) is 0 Å². The molecule has 132 valence electrons. The molecule has 1 heterocycles. The van der Waals surface area contributed by atoms with Crippen LogP contribution in [-0.4, -0.2) is 9.91 Å². The van der Waals surface area contributed by atoms with E-state index in [1.165, 1.54) is 29.5 Å². The lowest BCUT2D eigenvalue weighted by atomic mass is 10.1. The highest BCUT2D eigenvalue weighted by Gasteiger charge is 2.10. The average molecular weight is 377 g/mol. The molecule has 3 rings (SSSR count). The van der Waals surface area contributed by atoms with Gasteiger partial charge in [0.25, 0.3) is 5.69 Å². The SMILES string of the molecule is N#C/C(=C\C=C\c1ccccc1[N+](=O)[O-])c1nc(-c2ccc(F)cc2)cs1. The second-order valence-corrected chi connectivity index (χ2v) is 6.27. The van der Waals surface area contributed by atoms with E-state index in [4.69, 9.17) is 0 Å². The Morgan fingerprint density at radius 3 is 2.67 bits per heavy atom. The summed E-state index contributed by atoms with van der Waals surface area (Å²) in [5.41, 5.74) is 2.18. The molecule has 5 nitrogen and oxygen atoms in total. The van der Waals surface area contributed by atoms with E-state index in [2.05, 4.69) is 11.1 Å². The number of para-hydroxylation sites is 1. The molecule has 7 heteroatoms. The third kappa shape index (κ3) is 4.32. The van der Waals surface area contributed by atoms with E-state index in [0.29, 0.717) is 21.8 Å². The van der Waals surface area contributed by atoms with Crippen molar-refractivity contribution in [3.05, 3.63) is 92.6 Å². The molecule has 0 radical (unpaired) electrons. The van der Waals surface area contributed by atoms with E-state index < -0.39 is 4.92 Å². The predicted molar refractivity (Wildman–Crippen MR) is 103 cm³/mol. The summed E-state index contributed by atoms with van der Waals surface area (Å²) in [6.07, 6.45) is 4.72. The van der Waals surface area contributed by atoms with Gasteiger partial charge in [0.2, 0.25) is 0 Å². The quantitative estimate of drug-likeness (QED) is 0.255. The Balaban J connectivity index is 1.85. The summed E-state index contributed by atoms with van der Waals surface area (Å²) < 4.78 is 13.0. The van der Waals surface area contributed by atoms with Gasteiger partial charge in [-0.3, -0.25) is 10.1 Å². The van der Waals surface area contributed by atoms with Gasteiger partial charge in [0.15, 0.2) is 0 Å². The maximum atomic E-state index is 13.0. The van der Waals surface area contributed by atoms with Gasteiger partial charge in [0, 0.05) is 17.0 Å². The van der Waals surface area contributed by atoms with Gasteiger partial charge in [-0.2, -0.15) is 5.26 Å². The van der Waals surface area contributed by atoms with E-state index in [0.717, 1.165) is 5.56 Å². The Morgan fingerprint density at radius 1 is 1.22 bits per heavy atom. The third-order valence-electron chi connectivity index (χ3n) is 3.67. The standard InChI is InChI=1S/C20H12FN3O2S/c21-17-10-8-14(9-11-17)18-13-27-20(23-18)16(12-22)6-3-5-15-4-1-2-7-19(15)24(25)26/h1-11,13H/b5-3+,16-6+. The molecule has 0 spiro atoms. The predicted octanol–water partition coefficient (Wildman–Crippen LogP) is 5.48. The fourth-order valence-corrected chi connectivity index (χ4v) is 3.15. The smallest absolute Gasteiger partial charge is 0.258 e. The molecule has 0 aliphatic heterocycles. The van der Waals surface area contributed by atoms with Crippen LogP contribution in [0.5, 0.6) is 0 Å². The fourth-order valence-electron chi connectivity index (χ4n) is 2.35. The lowest BCUT2D eigenvalue weighted by Crippen LogP contribution is -1.90. The number of hydrogen-bond acceptors (Lipinski definition) is 5. The molecule has 0 N–H and O–H groups in total. The number of aromatic nitrogens is 1. The van der Waals surface area contributed by atoms with Crippen LogP contribution in [-0.2, 0) is 0 Å². The van der Waals surface area contributed by atoms with E-state index in [-0.39, 0.29) is 11.5 Å². The van der Waals surface area contributed by atoms with E-state index >= 15 is 0 Å². The minimum Gasteiger partial charge on any atom is -0.258 e. The van der Waals surface area contributed by atoms with Crippen LogP contribution in [0.4, 0.5) is 10.1 Å². The van der Waals surface area contributed by atoms with Gasteiger partial charge >= 0.3 is 0 Å². The molecule has 0 atom stereocenters. The van der Waals surface area contributed by atoms with Crippen molar-refractivity contribution in [1.29, 1.82) is 5.26 Å². The van der Waals surface area contributed by atoms with Gasteiger partial charge in [-0.25, -0.2) is 9.37 Å². The van der Waals surface area contributed by atoms with Crippen molar-refractivity contribution in [3.8, 4) is 17.3 Å². The molecule has 3 aromatic rings. The van der Waals surface area contributed by atoms with Crippen LogP contribution < -0.4 is 0 Å². The highest BCUT2D eigenvalue weighted by atomic mass is 32.1. The van der Waals surface area contributed by atoms with E-state index in [1.807, 2.05) is 0 Å². The van der Waals surface area contributed by atoms with Gasteiger partial charge in [0.05, 0.1) is 21.8 Å². The van der Waals surface area contributed by atoms with Crippen molar-refractivity contribution in [2.24, 2.45) is 0 Å². The molecule has 0 amide bonds. The number of rotatable bonds is 5. The number of hydrogen-bond donors (Lipinski definition) is 0. The zero-order chi connectivity index (χ0) is 19.2. The van der Waals surface area contributed by atoms with Crippen molar-refractivity contribution in [2.75, 3.05) is 0 Å². The van der Waals surface area contributed by atoms with Gasteiger partial charge in [0.1, 0.15) is 16.9 Å². The van der Waals surface area contributed by atoms with Crippen molar-refractivity contribution in [1.82, 2.24) is 4.98 Å². The first-order chi connectivity index (χ1) is 13.1. The maximum Gasteiger partial charge on any atom is 0.276 e. The molecule has 0 bridgehead atoms. The Labute approximate surface area is 158 Å². The third-order valence-corrected chi connectivity index (χ3v) is 4.54. The Bertz CT molecular complexity index is 1080. The molecule has 0 unspecified atom stereocenters. The van der Waals surface area contributed by atoms with Crippen LogP contribution >= 0.6 is 11.3 Å². The molecule has 2 aromatic carbocycles. The summed E-state index contributed by atoms with van der Waals surface area (Å²) in [5.74, 6) is -0.327. The molecule has 0 fully saturated rings. The van der Waals surface area contributed by atoms with Crippen LogP contribution in [0.2, 0.25) is 0 Å². The zero-order valence-corrected chi connectivity index (χ0v) is 14.7. The molecule has 27 heavy (non-hydrogen) atoms. The highest BCUT2D eigenvalue weighted by Crippen LogP contribution is 2.26. The molecular weight excluding hydrogens is 365 g/mol. The lowest BCUT2D eigenvalue weighted by molar-refractivity contribution is -0.385. The summed E-state index contributed by atoms with van der Waals surface area (Å²) >= 11 is 1.30. The number of nitro groups is 1. The second-order valence-electron chi connectivity index (χ2n) is 5.41. The van der Waals surface area contributed by atoms with Crippen LogP contribution in [0.25, 0.3) is 22.9 Å². The van der Waals surface area contributed by atoms with E-state index in [1.54, 1.807) is 53.9 Å². The van der Waals surface area contributed by atoms with Crippen LogP contribution in [0.1, 0.15) is 10.6 Å². The first-order valence-corrected chi connectivity index (χ1v) is 8.70. The van der Waals surface area contributed by atoms with Crippen LogP contribution in [0.15, 0.2) is 66.1 Å². The largest absolute Gasteiger partial charge is 0.276 e. The lowest BCUT2D eigenvalue weighted by Gasteiger charge is -1.96. The van der Waals surface area contributed by atoms with Crippen molar-refractivity contribution < 1.29 is 9.31 Å². The van der Waals surface area contributed by atoms with Gasteiger partial charge in [-0.1, -0.05) is 18.2 Å². The molecule has 1 aromatic heterocycles. The number of nitro benzene ring substituents is 1. The number of allylic oxidation sites excluding steroid dienone is 3. The summed E-state index contributed by atoms with van der Waals surface area (Å²) in [6, 6.07) is 14.4. The molecule has 0 aliphatic carbocycles. The Kier molecular flexibility index (Phi) is 5.50. The minimum atomic E-state index is -0.454. The Morgan fingerprint density at radius 2 is 1.96 bits per heavy atom. The monoisotopic (exact) mass is 377 g/mol. The number of nitriles is 1. The first-order valence-electron chi connectivity index (χ1n) is 7.82. The average Bonchev–Trinajstić information content (AvgIpc) is 3.16. The zero-order valence-electron chi connectivity index (χ0n) is 13.9. The minimum absolute atomic E-state index is 0.00602. The maximum absolute atomic E-state index is 13.0. The van der Waals surface area contributed by atoms with E-state index in [9.17, 15) is 19.8 Å². The fraction of sp³-hybridized carbons (Fsp3) is 0. The van der Waals surface area contributed by atoms with Crippen molar-refractivity contribution in [2.45, 2.75) is 0 Å². The van der Waals surface area contributed by atoms with Gasteiger partial charge in [-0.15, -0.1) is 11.3 Å². The molecule has 0 saturated carbocycles. The van der Waals surface area contributed by atoms with Gasteiger partial charge in [-0.05, 0) is 42.5 Å². The Hall–Kier alpha value is -3.63. The normalized spacial score (nSPS) is 11.5. The summed E-state index contributed by atoms with van der Waals surface area (Å²) in [6.45, 7) is 0. The number of benzene rings is 2. The summed E-state index contributed by atoms with van der Waals surface area (Å²) in [7, 11) is 0. The van der Waals surface area contributed by atoms with Crippen LogP contribution in [0, 0.1) is 27.3 Å². The number of thiazole rings is 1. The summed E-state index contributed by atoms with van der Waals surface area (Å²) in [5, 5.41) is 22.7. The topological polar surface area (TPSA) is 79.8 Å². The highest BCUT2D eigenvalue weighted by molar-refractivity contribution is 7.11. The number of nitrogens with zero attached hydrogens (tertiary/aromatic N) is 3. The van der Waals surface area contributed by atoms with Gasteiger partial charge < -0.3 is 0 Å². The molecular formula is C20H12FN3O2S.